The van der Waals surface area contributed by atoms with Crippen LogP contribution in [0.4, 0.5) is 4.39 Å². The van der Waals surface area contributed by atoms with Crippen LogP contribution < -0.4 is 4.74 Å². The van der Waals surface area contributed by atoms with Crippen LogP contribution in [0.2, 0.25) is 0 Å². The molecule has 0 saturated heterocycles. The molecule has 0 fully saturated rings. The summed E-state index contributed by atoms with van der Waals surface area (Å²) < 4.78 is 23.3. The number of nitrogens with zero attached hydrogens (tertiary/aromatic N) is 1. The average molecular weight is 261 g/mol. The second-order valence-corrected chi connectivity index (χ2v) is 3.76. The van der Waals surface area contributed by atoms with Gasteiger partial charge in [-0.3, -0.25) is 4.98 Å². The predicted octanol–water partition coefficient (Wildman–Crippen LogP) is 2.68. The Hall–Kier alpha value is -2.43. The summed E-state index contributed by atoms with van der Waals surface area (Å²) in [6.45, 7) is 0. The zero-order chi connectivity index (χ0) is 13.8. The highest BCUT2D eigenvalue weighted by Gasteiger charge is 2.16. The molecular formula is C14H12FNO3. The minimum atomic E-state index is -0.510. The molecule has 2 rings (SSSR count). The lowest BCUT2D eigenvalue weighted by molar-refractivity contribution is 0.0601. The number of esters is 1. The normalized spacial score (nSPS) is 10.1. The van der Waals surface area contributed by atoms with Gasteiger partial charge < -0.3 is 9.47 Å². The highest BCUT2D eigenvalue weighted by Crippen LogP contribution is 2.32. The third-order valence-corrected chi connectivity index (χ3v) is 2.68. The number of carbonyl (C=O) groups is 1. The van der Waals surface area contributed by atoms with Crippen LogP contribution >= 0.6 is 0 Å². The molecule has 98 valence electrons. The molecule has 0 bridgehead atoms. The molecule has 1 aromatic heterocycles. The Morgan fingerprint density at radius 3 is 2.68 bits per heavy atom. The van der Waals surface area contributed by atoms with Crippen LogP contribution in [0, 0.1) is 5.82 Å². The van der Waals surface area contributed by atoms with Crippen molar-refractivity contribution in [2.45, 2.75) is 0 Å². The molecule has 0 aliphatic rings. The molecule has 0 saturated carbocycles. The van der Waals surface area contributed by atoms with E-state index in [0.717, 1.165) is 0 Å². The topological polar surface area (TPSA) is 48.4 Å². The molecule has 0 N–H and O–H groups in total. The van der Waals surface area contributed by atoms with Gasteiger partial charge in [0, 0.05) is 23.5 Å². The average Bonchev–Trinajstić information content (AvgIpc) is 2.46. The van der Waals surface area contributed by atoms with Gasteiger partial charge in [0.25, 0.3) is 0 Å². The Balaban J connectivity index is 2.65. The summed E-state index contributed by atoms with van der Waals surface area (Å²) in [6.07, 6.45) is 2.95. The van der Waals surface area contributed by atoms with Gasteiger partial charge in [-0.05, 0) is 24.3 Å². The Morgan fingerprint density at radius 2 is 2.00 bits per heavy atom. The zero-order valence-corrected chi connectivity index (χ0v) is 10.5. The van der Waals surface area contributed by atoms with Gasteiger partial charge in [-0.2, -0.15) is 0 Å². The smallest absolute Gasteiger partial charge is 0.338 e. The number of carbonyl (C=O) groups excluding carboxylic acids is 1. The predicted molar refractivity (Wildman–Crippen MR) is 67.5 cm³/mol. The number of methoxy groups -OCH3 is 2. The number of pyridine rings is 1. The molecule has 1 heterocycles. The zero-order valence-electron chi connectivity index (χ0n) is 10.5. The van der Waals surface area contributed by atoms with Crippen LogP contribution in [-0.4, -0.2) is 25.2 Å². The maximum absolute atomic E-state index is 13.4. The first kappa shape index (κ1) is 13.0. The maximum atomic E-state index is 13.4. The van der Waals surface area contributed by atoms with Crippen molar-refractivity contribution in [1.29, 1.82) is 0 Å². The van der Waals surface area contributed by atoms with Crippen molar-refractivity contribution >= 4 is 5.97 Å². The first-order chi connectivity index (χ1) is 9.17. The Bertz CT molecular complexity index is 613. The summed E-state index contributed by atoms with van der Waals surface area (Å²) in [5, 5.41) is 0. The van der Waals surface area contributed by atoms with Gasteiger partial charge in [0.15, 0.2) is 0 Å². The van der Waals surface area contributed by atoms with Crippen LogP contribution in [0.25, 0.3) is 11.1 Å². The number of hydrogen-bond acceptors (Lipinski definition) is 4. The van der Waals surface area contributed by atoms with E-state index in [0.29, 0.717) is 22.4 Å². The molecule has 0 spiro atoms. The van der Waals surface area contributed by atoms with Gasteiger partial charge >= 0.3 is 5.97 Å². The van der Waals surface area contributed by atoms with Gasteiger partial charge in [0.2, 0.25) is 0 Å². The fourth-order valence-electron chi connectivity index (χ4n) is 1.79. The fourth-order valence-corrected chi connectivity index (χ4v) is 1.79. The Morgan fingerprint density at radius 1 is 1.21 bits per heavy atom. The minimum absolute atomic E-state index is 0.307. The minimum Gasteiger partial charge on any atom is -0.496 e. The molecule has 0 radical (unpaired) electrons. The van der Waals surface area contributed by atoms with E-state index in [9.17, 15) is 9.18 Å². The number of benzene rings is 1. The van der Waals surface area contributed by atoms with Crippen molar-refractivity contribution < 1.29 is 18.7 Å². The van der Waals surface area contributed by atoms with Crippen molar-refractivity contribution in [2.24, 2.45) is 0 Å². The maximum Gasteiger partial charge on any atom is 0.338 e. The van der Waals surface area contributed by atoms with E-state index in [1.165, 1.54) is 50.9 Å². The molecule has 2 aromatic rings. The van der Waals surface area contributed by atoms with Crippen molar-refractivity contribution in [2.75, 3.05) is 14.2 Å². The van der Waals surface area contributed by atoms with Crippen LogP contribution in [-0.2, 0) is 4.74 Å². The van der Waals surface area contributed by atoms with Gasteiger partial charge in [-0.25, -0.2) is 9.18 Å². The van der Waals surface area contributed by atoms with E-state index in [1.807, 2.05) is 0 Å². The van der Waals surface area contributed by atoms with Crippen molar-refractivity contribution in [3.63, 3.8) is 0 Å². The Kier molecular flexibility index (Phi) is 3.75. The lowest BCUT2D eigenvalue weighted by Crippen LogP contribution is -2.04. The molecule has 0 aliphatic heterocycles. The summed E-state index contributed by atoms with van der Waals surface area (Å²) in [6, 6.07) is 5.60. The van der Waals surface area contributed by atoms with Crippen LogP contribution in [0.5, 0.6) is 5.75 Å². The van der Waals surface area contributed by atoms with E-state index in [4.69, 9.17) is 9.47 Å². The molecule has 19 heavy (non-hydrogen) atoms. The van der Waals surface area contributed by atoms with Crippen LogP contribution in [0.3, 0.4) is 0 Å². The first-order valence-electron chi connectivity index (χ1n) is 5.53. The molecule has 0 aliphatic carbocycles. The highest BCUT2D eigenvalue weighted by atomic mass is 19.1. The van der Waals surface area contributed by atoms with Crippen molar-refractivity contribution in [1.82, 2.24) is 4.98 Å². The lowest BCUT2D eigenvalue weighted by atomic mass is 10.0. The summed E-state index contributed by atoms with van der Waals surface area (Å²) in [5.41, 5.74) is 1.23. The fraction of sp³-hybridized carbons (Fsp3) is 0.143. The summed E-state index contributed by atoms with van der Waals surface area (Å²) in [4.78, 5) is 15.7. The van der Waals surface area contributed by atoms with E-state index >= 15 is 0 Å². The molecule has 0 amide bonds. The van der Waals surface area contributed by atoms with E-state index in [2.05, 4.69) is 4.98 Å². The molecule has 0 unspecified atom stereocenters. The monoisotopic (exact) mass is 261 g/mol. The van der Waals surface area contributed by atoms with Crippen molar-refractivity contribution in [3.8, 4) is 16.9 Å². The summed E-state index contributed by atoms with van der Waals surface area (Å²) in [5.74, 6) is -0.473. The summed E-state index contributed by atoms with van der Waals surface area (Å²) in [7, 11) is 2.76. The number of ether oxygens (including phenoxy) is 2. The number of hydrogen-bond donors (Lipinski definition) is 0. The van der Waals surface area contributed by atoms with Gasteiger partial charge in [0.05, 0.1) is 19.8 Å². The lowest BCUT2D eigenvalue weighted by Gasteiger charge is -2.11. The highest BCUT2D eigenvalue weighted by molar-refractivity contribution is 5.97. The molecule has 0 atom stereocenters. The second kappa shape index (κ2) is 5.48. The quantitative estimate of drug-likeness (QED) is 0.797. The number of halogens is 1. The third-order valence-electron chi connectivity index (χ3n) is 2.68. The van der Waals surface area contributed by atoms with Crippen LogP contribution in [0.1, 0.15) is 10.4 Å². The van der Waals surface area contributed by atoms with Crippen molar-refractivity contribution in [3.05, 3.63) is 48.0 Å². The van der Waals surface area contributed by atoms with Gasteiger partial charge in [-0.1, -0.05) is 0 Å². The molecular weight excluding hydrogens is 249 g/mol. The summed E-state index contributed by atoms with van der Waals surface area (Å²) >= 11 is 0. The number of aromatic nitrogens is 1. The molecule has 5 heteroatoms. The first-order valence-corrected chi connectivity index (χ1v) is 5.53. The van der Waals surface area contributed by atoms with E-state index < -0.39 is 11.8 Å². The molecule has 1 aromatic carbocycles. The van der Waals surface area contributed by atoms with E-state index in [-0.39, 0.29) is 0 Å². The second-order valence-electron chi connectivity index (χ2n) is 3.76. The largest absolute Gasteiger partial charge is 0.496 e. The van der Waals surface area contributed by atoms with Gasteiger partial charge in [0.1, 0.15) is 11.6 Å². The van der Waals surface area contributed by atoms with Gasteiger partial charge in [-0.15, -0.1) is 0 Å². The molecule has 4 nitrogen and oxygen atoms in total. The Labute approximate surface area is 109 Å². The third kappa shape index (κ3) is 2.54. The van der Waals surface area contributed by atoms with Crippen LogP contribution in [0.15, 0.2) is 36.7 Å². The SMILES string of the molecule is COC(=O)c1ccncc1-c1cc(F)ccc1OC. The standard InChI is InChI=1S/C14H12FNO3/c1-18-13-4-3-9(15)7-11(13)12-8-16-6-5-10(12)14(17)19-2/h3-8H,1-2H3. The van der Waals surface area contributed by atoms with E-state index in [1.54, 1.807) is 0 Å². The number of rotatable bonds is 3.